The van der Waals surface area contributed by atoms with E-state index in [-0.39, 0.29) is 31.1 Å². The fourth-order valence-electron chi connectivity index (χ4n) is 7.95. The quantitative estimate of drug-likeness (QED) is 0.0199. The van der Waals surface area contributed by atoms with Gasteiger partial charge >= 0.3 is 17.9 Å². The van der Waals surface area contributed by atoms with Crippen molar-refractivity contribution in [3.63, 3.8) is 0 Å². The highest BCUT2D eigenvalue weighted by atomic mass is 16.6. The molecule has 0 aromatic heterocycles. The van der Waals surface area contributed by atoms with Crippen LogP contribution >= 0.6 is 0 Å². The molecule has 0 aromatic carbocycles. The molecule has 6 nitrogen and oxygen atoms in total. The van der Waals surface area contributed by atoms with E-state index >= 15 is 0 Å². The maximum absolute atomic E-state index is 12.8. The van der Waals surface area contributed by atoms with Gasteiger partial charge < -0.3 is 14.2 Å². The average Bonchev–Trinajstić information content (AvgIpc) is 3.33. The summed E-state index contributed by atoms with van der Waals surface area (Å²) in [6, 6.07) is 0. The number of carbonyl (C=O) groups excluding carboxylic acids is 3. The SMILES string of the molecule is CC/C=C\C/C=C\C/C=C\C/C=C\CCCCCCCCC(=O)OCC(COC(=O)CCCCCCCCCCCCCC)OC(=O)CCCCCCC/C=C\C=C/CCCCCCCCC. The molecule has 0 saturated carbocycles. The Morgan fingerprint density at radius 3 is 1.00 bits per heavy atom. The van der Waals surface area contributed by atoms with Gasteiger partial charge in [-0.2, -0.15) is 0 Å². The predicted molar refractivity (Wildman–Crippen MR) is 288 cm³/mol. The van der Waals surface area contributed by atoms with Crippen molar-refractivity contribution in [3.8, 4) is 0 Å². The van der Waals surface area contributed by atoms with Crippen LogP contribution in [-0.4, -0.2) is 37.2 Å². The van der Waals surface area contributed by atoms with Crippen LogP contribution in [0.4, 0.5) is 0 Å². The molecule has 0 aromatic rings. The maximum Gasteiger partial charge on any atom is 0.306 e. The van der Waals surface area contributed by atoms with Crippen molar-refractivity contribution in [1.82, 2.24) is 0 Å². The Morgan fingerprint density at radius 1 is 0.328 bits per heavy atom. The normalized spacial score (nSPS) is 12.6. The fourth-order valence-corrected chi connectivity index (χ4v) is 7.95. The van der Waals surface area contributed by atoms with Gasteiger partial charge in [-0.05, 0) is 83.5 Å². The molecule has 0 aliphatic carbocycles. The Kier molecular flexibility index (Phi) is 52.8. The van der Waals surface area contributed by atoms with Gasteiger partial charge in [0.15, 0.2) is 6.10 Å². The monoisotopic (exact) mass is 935 g/mol. The molecular weight excluding hydrogens is 829 g/mol. The zero-order chi connectivity index (χ0) is 48.6. The molecular formula is C61H106O6. The van der Waals surface area contributed by atoms with Crippen molar-refractivity contribution < 1.29 is 28.6 Å². The topological polar surface area (TPSA) is 78.9 Å². The van der Waals surface area contributed by atoms with Crippen LogP contribution in [-0.2, 0) is 28.6 Å². The average molecular weight is 936 g/mol. The number of rotatable bonds is 51. The third kappa shape index (κ3) is 53.7. The minimum absolute atomic E-state index is 0.0845. The molecule has 67 heavy (non-hydrogen) atoms. The lowest BCUT2D eigenvalue weighted by molar-refractivity contribution is -0.167. The van der Waals surface area contributed by atoms with E-state index in [2.05, 4.69) is 93.7 Å². The number of hydrogen-bond donors (Lipinski definition) is 0. The van der Waals surface area contributed by atoms with E-state index in [4.69, 9.17) is 14.2 Å². The molecule has 1 unspecified atom stereocenters. The molecule has 386 valence electrons. The van der Waals surface area contributed by atoms with Gasteiger partial charge in [0, 0.05) is 19.3 Å². The number of hydrogen-bond acceptors (Lipinski definition) is 6. The number of ether oxygens (including phenoxy) is 3. The molecule has 0 aliphatic heterocycles. The summed E-state index contributed by atoms with van der Waals surface area (Å²) in [5.41, 5.74) is 0. The van der Waals surface area contributed by atoms with Crippen LogP contribution in [0.5, 0.6) is 0 Å². The van der Waals surface area contributed by atoms with Crippen LogP contribution in [0.25, 0.3) is 0 Å². The van der Waals surface area contributed by atoms with Gasteiger partial charge in [0.1, 0.15) is 13.2 Å². The summed E-state index contributed by atoms with van der Waals surface area (Å²) < 4.78 is 16.8. The molecule has 0 spiro atoms. The molecule has 1 atom stereocenters. The third-order valence-corrected chi connectivity index (χ3v) is 12.2. The Hall–Kier alpha value is -3.15. The van der Waals surface area contributed by atoms with Gasteiger partial charge in [-0.15, -0.1) is 0 Å². The first-order valence-electron chi connectivity index (χ1n) is 28.5. The minimum Gasteiger partial charge on any atom is -0.462 e. The molecule has 0 aliphatic rings. The smallest absolute Gasteiger partial charge is 0.306 e. The Morgan fingerprint density at radius 2 is 0.627 bits per heavy atom. The lowest BCUT2D eigenvalue weighted by Crippen LogP contribution is -2.30. The Labute approximate surface area is 414 Å². The first kappa shape index (κ1) is 63.8. The molecule has 6 heteroatoms. The van der Waals surface area contributed by atoms with Crippen molar-refractivity contribution in [2.45, 2.75) is 284 Å². The van der Waals surface area contributed by atoms with Gasteiger partial charge in [0.2, 0.25) is 0 Å². The van der Waals surface area contributed by atoms with Crippen molar-refractivity contribution in [1.29, 1.82) is 0 Å². The maximum atomic E-state index is 12.8. The summed E-state index contributed by atoms with van der Waals surface area (Å²) in [5.74, 6) is -0.906. The summed E-state index contributed by atoms with van der Waals surface area (Å²) >= 11 is 0. The summed E-state index contributed by atoms with van der Waals surface area (Å²) in [6.07, 6.45) is 70.3. The van der Waals surface area contributed by atoms with E-state index in [9.17, 15) is 14.4 Å². The summed E-state index contributed by atoms with van der Waals surface area (Å²) in [6.45, 7) is 6.51. The van der Waals surface area contributed by atoms with Gasteiger partial charge in [0.05, 0.1) is 0 Å². The van der Waals surface area contributed by atoms with Gasteiger partial charge in [-0.1, -0.05) is 248 Å². The second kappa shape index (κ2) is 55.4. The number of allylic oxidation sites excluding steroid dienone is 12. The van der Waals surface area contributed by atoms with Crippen LogP contribution in [0.3, 0.4) is 0 Å². The molecule has 0 radical (unpaired) electrons. The molecule has 0 rings (SSSR count). The van der Waals surface area contributed by atoms with Gasteiger partial charge in [-0.25, -0.2) is 0 Å². The number of carbonyl (C=O) groups is 3. The first-order chi connectivity index (χ1) is 33.0. The van der Waals surface area contributed by atoms with Crippen LogP contribution in [0.1, 0.15) is 278 Å². The summed E-state index contributed by atoms with van der Waals surface area (Å²) in [4.78, 5) is 38.1. The standard InChI is InChI=1S/C61H106O6/c1-4-7-10-13-16-19-22-25-27-29-31-33-34-36-39-42-45-48-51-54-60(63)66-57-58(56-65-59(62)53-50-47-44-41-38-24-21-18-15-12-9-6-3)67-61(64)55-52-49-46-43-40-37-35-32-30-28-26-23-20-17-14-11-8-5-2/h7,10,16,19,25,27-28,30-33,35,58H,4-6,8-9,11-15,17-18,20-24,26,29,34,36-57H2,1-3H3/b10-7-,19-16-,27-25-,30-28-,33-31-,35-32-. The second-order valence-electron chi connectivity index (χ2n) is 18.9. The van der Waals surface area contributed by atoms with Crippen LogP contribution in [0.15, 0.2) is 72.9 Å². The van der Waals surface area contributed by atoms with Gasteiger partial charge in [-0.3, -0.25) is 14.4 Å². The molecule has 0 bridgehead atoms. The first-order valence-corrected chi connectivity index (χ1v) is 28.5. The Bertz CT molecular complexity index is 1260. The van der Waals surface area contributed by atoms with Crippen molar-refractivity contribution >= 4 is 17.9 Å². The molecule has 0 heterocycles. The van der Waals surface area contributed by atoms with Crippen molar-refractivity contribution in [2.24, 2.45) is 0 Å². The third-order valence-electron chi connectivity index (χ3n) is 12.2. The fraction of sp³-hybridized carbons (Fsp3) is 0.754. The second-order valence-corrected chi connectivity index (χ2v) is 18.9. The summed E-state index contributed by atoms with van der Waals surface area (Å²) in [7, 11) is 0. The number of unbranched alkanes of at least 4 members (excludes halogenated alkanes) is 29. The van der Waals surface area contributed by atoms with E-state index in [1.165, 1.54) is 128 Å². The molecule has 0 fully saturated rings. The highest BCUT2D eigenvalue weighted by Gasteiger charge is 2.19. The highest BCUT2D eigenvalue weighted by molar-refractivity contribution is 5.71. The predicted octanol–water partition coefficient (Wildman–Crippen LogP) is 19.0. The minimum atomic E-state index is -0.788. The van der Waals surface area contributed by atoms with E-state index in [1.54, 1.807) is 0 Å². The van der Waals surface area contributed by atoms with E-state index in [1.807, 2.05) is 0 Å². The lowest BCUT2D eigenvalue weighted by atomic mass is 10.0. The van der Waals surface area contributed by atoms with Gasteiger partial charge in [0.25, 0.3) is 0 Å². The zero-order valence-corrected chi connectivity index (χ0v) is 44.2. The lowest BCUT2D eigenvalue weighted by Gasteiger charge is -2.18. The van der Waals surface area contributed by atoms with Crippen LogP contribution in [0, 0.1) is 0 Å². The number of esters is 3. The van der Waals surface area contributed by atoms with E-state index in [0.29, 0.717) is 19.3 Å². The van der Waals surface area contributed by atoms with Crippen LogP contribution in [0.2, 0.25) is 0 Å². The molecule has 0 N–H and O–H groups in total. The summed E-state index contributed by atoms with van der Waals surface area (Å²) in [5, 5.41) is 0. The van der Waals surface area contributed by atoms with Crippen molar-refractivity contribution in [2.75, 3.05) is 13.2 Å². The largest absolute Gasteiger partial charge is 0.462 e. The van der Waals surface area contributed by atoms with Crippen LogP contribution < -0.4 is 0 Å². The van der Waals surface area contributed by atoms with Crippen molar-refractivity contribution in [3.05, 3.63) is 72.9 Å². The zero-order valence-electron chi connectivity index (χ0n) is 44.2. The molecule has 0 amide bonds. The molecule has 0 saturated heterocycles. The van der Waals surface area contributed by atoms with E-state index in [0.717, 1.165) is 109 Å². The van der Waals surface area contributed by atoms with E-state index < -0.39 is 6.10 Å². The Balaban J connectivity index is 4.41. The highest BCUT2D eigenvalue weighted by Crippen LogP contribution is 2.15.